The molecule has 11 heteroatoms. The number of urea groups is 1. The molecule has 0 saturated heterocycles. The highest BCUT2D eigenvalue weighted by Gasteiger charge is 2.20. The Morgan fingerprint density at radius 3 is 2.67 bits per heavy atom. The third-order valence-corrected chi connectivity index (χ3v) is 4.59. The van der Waals surface area contributed by atoms with Gasteiger partial charge in [0.05, 0.1) is 11.4 Å². The molecule has 2 N–H and O–H groups in total. The highest BCUT2D eigenvalue weighted by molar-refractivity contribution is 5.99. The third-order valence-electron chi connectivity index (χ3n) is 4.59. The molecule has 3 heterocycles. The second-order valence-corrected chi connectivity index (χ2v) is 8.20. The van der Waals surface area contributed by atoms with E-state index in [2.05, 4.69) is 30.7 Å². The van der Waals surface area contributed by atoms with Crippen molar-refractivity contribution in [2.24, 2.45) is 7.05 Å². The van der Waals surface area contributed by atoms with Crippen LogP contribution >= 0.6 is 0 Å². The number of amides is 2. The van der Waals surface area contributed by atoms with Crippen molar-refractivity contribution in [3.63, 3.8) is 0 Å². The second kappa shape index (κ2) is 8.69. The summed E-state index contributed by atoms with van der Waals surface area (Å²) >= 11 is 0. The van der Waals surface area contributed by atoms with Gasteiger partial charge in [-0.2, -0.15) is 10.1 Å². The molecule has 10 nitrogen and oxygen atoms in total. The lowest BCUT2D eigenvalue weighted by molar-refractivity contribution is 0.262. The fourth-order valence-corrected chi connectivity index (χ4v) is 2.85. The number of hydrogen-bond acceptors (Lipinski definition) is 7. The van der Waals surface area contributed by atoms with Crippen molar-refractivity contribution in [2.45, 2.75) is 26.2 Å². The minimum Gasteiger partial charge on any atom is -0.451 e. The second-order valence-electron chi connectivity index (χ2n) is 8.20. The summed E-state index contributed by atoms with van der Waals surface area (Å²) in [4.78, 5) is 24.8. The molecule has 4 aromatic rings. The average molecular weight is 451 g/mol. The Bertz CT molecular complexity index is 1280. The van der Waals surface area contributed by atoms with Crippen molar-refractivity contribution in [2.75, 3.05) is 10.6 Å². The minimum absolute atomic E-state index is 0.0611. The van der Waals surface area contributed by atoms with Crippen LogP contribution in [0.1, 0.15) is 26.5 Å². The number of oxazole rings is 1. The maximum atomic E-state index is 14.3. The monoisotopic (exact) mass is 451 g/mol. The highest BCUT2D eigenvalue weighted by atomic mass is 19.1. The summed E-state index contributed by atoms with van der Waals surface area (Å²) in [5.74, 6) is 0.656. The molecule has 4 rings (SSSR count). The predicted molar refractivity (Wildman–Crippen MR) is 119 cm³/mol. The minimum atomic E-state index is -0.621. The van der Waals surface area contributed by atoms with Gasteiger partial charge in [0.1, 0.15) is 29.3 Å². The molecule has 0 fully saturated rings. The molecule has 0 radical (unpaired) electrons. The van der Waals surface area contributed by atoms with Gasteiger partial charge in [0.15, 0.2) is 12.2 Å². The molecule has 2 amide bonds. The fourth-order valence-electron chi connectivity index (χ4n) is 2.85. The number of carbonyl (C=O) groups is 1. The van der Waals surface area contributed by atoms with Crippen LogP contribution in [0.15, 0.2) is 53.6 Å². The number of anilines is 2. The smallest absolute Gasteiger partial charge is 0.324 e. The van der Waals surface area contributed by atoms with Crippen LogP contribution in [0.3, 0.4) is 0 Å². The average Bonchev–Trinajstić information content (AvgIpc) is 3.41. The van der Waals surface area contributed by atoms with Gasteiger partial charge in [0.25, 0.3) is 0 Å². The molecule has 0 atom stereocenters. The first kappa shape index (κ1) is 21.9. The molecule has 0 saturated carbocycles. The maximum Gasteiger partial charge on any atom is 0.324 e. The number of aryl methyl sites for hydroxylation is 1. The lowest BCUT2D eigenvalue weighted by Gasteiger charge is -2.13. The number of benzene rings is 1. The summed E-state index contributed by atoms with van der Waals surface area (Å²) in [7, 11) is 1.72. The molecule has 1 aromatic carbocycles. The Balaban J connectivity index is 1.47. The zero-order valence-electron chi connectivity index (χ0n) is 18.5. The van der Waals surface area contributed by atoms with Crippen LogP contribution in [0.4, 0.5) is 20.7 Å². The zero-order valence-corrected chi connectivity index (χ0v) is 18.5. The summed E-state index contributed by atoms with van der Waals surface area (Å²) in [5.41, 5.74) is 1.02. The van der Waals surface area contributed by atoms with Gasteiger partial charge in [-0.1, -0.05) is 20.8 Å². The summed E-state index contributed by atoms with van der Waals surface area (Å²) < 4.78 is 26.5. The van der Waals surface area contributed by atoms with E-state index in [1.807, 2.05) is 20.8 Å². The van der Waals surface area contributed by atoms with Crippen molar-refractivity contribution in [1.29, 1.82) is 0 Å². The van der Waals surface area contributed by atoms with Gasteiger partial charge in [0.2, 0.25) is 5.88 Å². The first-order valence-electron chi connectivity index (χ1n) is 10.0. The van der Waals surface area contributed by atoms with Gasteiger partial charge < -0.3 is 14.5 Å². The third kappa shape index (κ3) is 5.14. The molecular weight excluding hydrogens is 429 g/mol. The number of nitrogens with one attached hydrogen (secondary N) is 2. The number of carbonyl (C=O) groups excluding carboxylic acids is 1. The van der Waals surface area contributed by atoms with Crippen molar-refractivity contribution in [3.8, 4) is 23.1 Å². The summed E-state index contributed by atoms with van der Waals surface area (Å²) in [6.45, 7) is 6.06. The van der Waals surface area contributed by atoms with Gasteiger partial charge in [-0.05, 0) is 12.1 Å². The first-order chi connectivity index (χ1) is 15.7. The summed E-state index contributed by atoms with van der Waals surface area (Å²) in [6, 6.07) is 6.67. The molecule has 33 heavy (non-hydrogen) atoms. The van der Waals surface area contributed by atoms with E-state index in [-0.39, 0.29) is 22.7 Å². The molecule has 0 spiro atoms. The number of hydrogen-bond donors (Lipinski definition) is 2. The molecule has 0 aliphatic heterocycles. The largest absolute Gasteiger partial charge is 0.451 e. The van der Waals surface area contributed by atoms with Crippen molar-refractivity contribution in [1.82, 2.24) is 24.7 Å². The van der Waals surface area contributed by atoms with Crippen molar-refractivity contribution >= 4 is 17.5 Å². The predicted octanol–water partition coefficient (Wildman–Crippen LogP) is 4.74. The molecule has 0 aliphatic carbocycles. The molecule has 0 unspecified atom stereocenters. The maximum absolute atomic E-state index is 14.3. The van der Waals surface area contributed by atoms with Crippen molar-refractivity contribution in [3.05, 3.63) is 60.7 Å². The number of ether oxygens (including phenoxy) is 1. The Kier molecular flexibility index (Phi) is 5.78. The number of aromatic nitrogens is 5. The van der Waals surface area contributed by atoms with E-state index in [0.717, 1.165) is 5.69 Å². The number of nitrogens with zero attached hydrogens (tertiary/aromatic N) is 5. The van der Waals surface area contributed by atoms with Crippen LogP contribution in [-0.4, -0.2) is 30.8 Å². The van der Waals surface area contributed by atoms with Crippen LogP contribution < -0.4 is 15.4 Å². The summed E-state index contributed by atoms with van der Waals surface area (Å²) in [6.07, 6.45) is 4.18. The molecule has 170 valence electrons. The SMILES string of the molecule is Cn1nc(C(C)(C)C)cc1NC(=O)Nc1cc(Oc2ccnc(-c3cocn3)n2)ccc1F. The van der Waals surface area contributed by atoms with E-state index in [4.69, 9.17) is 9.15 Å². The standard InChI is InChI=1S/C22H22FN7O3/c1-22(2,3)17-10-18(30(4)29-17)27-21(31)26-15-9-13(5-6-14(15)23)33-19-7-8-24-20(28-19)16-11-32-12-25-16/h5-12H,1-4H3,(H2,26,27,31). The van der Waals surface area contributed by atoms with Gasteiger partial charge in [0, 0.05) is 36.9 Å². The number of rotatable bonds is 5. The van der Waals surface area contributed by atoms with Crippen LogP contribution in [0.25, 0.3) is 11.5 Å². The molecular formula is C22H22FN7O3. The van der Waals surface area contributed by atoms with E-state index >= 15 is 0 Å². The normalized spacial score (nSPS) is 11.3. The van der Waals surface area contributed by atoms with Crippen LogP contribution in [0, 0.1) is 5.82 Å². The number of halogens is 1. The molecule has 3 aromatic heterocycles. The highest BCUT2D eigenvalue weighted by Crippen LogP contribution is 2.27. The van der Waals surface area contributed by atoms with E-state index < -0.39 is 11.8 Å². The van der Waals surface area contributed by atoms with Gasteiger partial charge in [-0.15, -0.1) is 0 Å². The van der Waals surface area contributed by atoms with Gasteiger partial charge in [-0.25, -0.2) is 19.2 Å². The van der Waals surface area contributed by atoms with E-state index in [9.17, 15) is 9.18 Å². The lowest BCUT2D eigenvalue weighted by atomic mass is 9.92. The molecule has 0 bridgehead atoms. The Morgan fingerprint density at radius 1 is 1.15 bits per heavy atom. The Hall–Kier alpha value is -4.28. The summed E-state index contributed by atoms with van der Waals surface area (Å²) in [5, 5.41) is 9.57. The first-order valence-corrected chi connectivity index (χ1v) is 10.0. The zero-order chi connectivity index (χ0) is 23.6. The van der Waals surface area contributed by atoms with Crippen molar-refractivity contribution < 1.29 is 18.3 Å². The van der Waals surface area contributed by atoms with E-state index in [1.165, 1.54) is 37.1 Å². The Labute approximate surface area is 188 Å². The van der Waals surface area contributed by atoms with E-state index in [1.54, 1.807) is 23.9 Å². The van der Waals surface area contributed by atoms with Crippen LogP contribution in [-0.2, 0) is 12.5 Å². The van der Waals surface area contributed by atoms with Gasteiger partial charge >= 0.3 is 6.03 Å². The quantitative estimate of drug-likeness (QED) is 0.450. The lowest BCUT2D eigenvalue weighted by Crippen LogP contribution is -2.21. The van der Waals surface area contributed by atoms with E-state index in [0.29, 0.717) is 17.3 Å². The van der Waals surface area contributed by atoms with Gasteiger partial charge in [-0.3, -0.25) is 10.00 Å². The Morgan fingerprint density at radius 2 is 1.97 bits per heavy atom. The van der Waals surface area contributed by atoms with Crippen LogP contribution in [0.2, 0.25) is 0 Å². The fraction of sp³-hybridized carbons (Fsp3) is 0.227. The van der Waals surface area contributed by atoms with Crippen LogP contribution in [0.5, 0.6) is 11.6 Å². The topological polar surface area (TPSA) is 120 Å². The molecule has 0 aliphatic rings.